The van der Waals surface area contributed by atoms with Crippen LogP contribution in [0.15, 0.2) is 186 Å². The Morgan fingerprint density at radius 3 is 1.83 bits per heavy atom. The standard InChI is InChI=1S/C50H30N2O/c1-2-12-33-28-36(23-20-31(33)10-1)51-44-17-7-5-15-38(44)41-29-34(21-25-45(41)51)35-22-26-46-42(30-35)39-24-27-48-49(40-16-6-8-19-47(40)53-48)50(39)52(46)43-18-9-13-32-11-3-4-14-37(32)43/h1-30H. The van der Waals surface area contributed by atoms with Crippen LogP contribution in [0.1, 0.15) is 0 Å². The second kappa shape index (κ2) is 10.7. The molecule has 0 unspecified atom stereocenters. The van der Waals surface area contributed by atoms with Crippen molar-refractivity contribution in [3.05, 3.63) is 182 Å². The van der Waals surface area contributed by atoms with Crippen molar-refractivity contribution >= 4 is 87.1 Å². The summed E-state index contributed by atoms with van der Waals surface area (Å²) in [4.78, 5) is 0. The van der Waals surface area contributed by atoms with Gasteiger partial charge < -0.3 is 13.6 Å². The quantitative estimate of drug-likeness (QED) is 0.183. The van der Waals surface area contributed by atoms with Gasteiger partial charge in [-0.1, -0.05) is 115 Å². The molecule has 3 nitrogen and oxygen atoms in total. The lowest BCUT2D eigenvalue weighted by molar-refractivity contribution is 0.669. The van der Waals surface area contributed by atoms with Crippen molar-refractivity contribution in [1.29, 1.82) is 0 Å². The lowest BCUT2D eigenvalue weighted by Gasteiger charge is -2.12. The zero-order valence-electron chi connectivity index (χ0n) is 28.6. The Kier molecular flexibility index (Phi) is 5.77. The van der Waals surface area contributed by atoms with Crippen LogP contribution in [0.5, 0.6) is 0 Å². The minimum atomic E-state index is 0.900. The van der Waals surface area contributed by atoms with Gasteiger partial charge in [0.05, 0.1) is 33.1 Å². The van der Waals surface area contributed by atoms with Crippen molar-refractivity contribution in [3.63, 3.8) is 0 Å². The maximum atomic E-state index is 6.44. The molecular weight excluding hydrogens is 645 g/mol. The maximum absolute atomic E-state index is 6.44. The van der Waals surface area contributed by atoms with Gasteiger partial charge in [-0.3, -0.25) is 0 Å². The average molecular weight is 675 g/mol. The first-order valence-corrected chi connectivity index (χ1v) is 18.2. The van der Waals surface area contributed by atoms with Gasteiger partial charge in [0.2, 0.25) is 0 Å². The molecule has 0 fully saturated rings. The lowest BCUT2D eigenvalue weighted by atomic mass is 10.00. The summed E-state index contributed by atoms with van der Waals surface area (Å²) in [7, 11) is 0. The number of rotatable bonds is 3. The molecule has 3 aromatic heterocycles. The number of furan rings is 1. The Balaban J connectivity index is 1.12. The molecule has 0 amide bonds. The molecule has 53 heavy (non-hydrogen) atoms. The third-order valence-corrected chi connectivity index (χ3v) is 11.3. The molecule has 0 saturated carbocycles. The van der Waals surface area contributed by atoms with Crippen molar-refractivity contribution in [3.8, 4) is 22.5 Å². The Hall–Kier alpha value is -7.10. The molecule has 0 spiro atoms. The van der Waals surface area contributed by atoms with Gasteiger partial charge in [0.15, 0.2) is 0 Å². The van der Waals surface area contributed by atoms with Crippen molar-refractivity contribution in [2.24, 2.45) is 0 Å². The molecule has 0 saturated heterocycles. The highest BCUT2D eigenvalue weighted by Gasteiger charge is 2.21. The van der Waals surface area contributed by atoms with E-state index >= 15 is 0 Å². The van der Waals surface area contributed by atoms with Crippen molar-refractivity contribution in [2.45, 2.75) is 0 Å². The van der Waals surface area contributed by atoms with Gasteiger partial charge in [0, 0.05) is 38.0 Å². The Morgan fingerprint density at radius 1 is 0.340 bits per heavy atom. The molecule has 9 aromatic carbocycles. The number of nitrogens with zero attached hydrogens (tertiary/aromatic N) is 2. The van der Waals surface area contributed by atoms with E-state index in [0.29, 0.717) is 0 Å². The van der Waals surface area contributed by atoms with Crippen molar-refractivity contribution < 1.29 is 4.42 Å². The number of benzene rings is 9. The first kappa shape index (κ1) is 28.6. The molecule has 3 heterocycles. The predicted molar refractivity (Wildman–Crippen MR) is 223 cm³/mol. The van der Waals surface area contributed by atoms with E-state index < -0.39 is 0 Å². The van der Waals surface area contributed by atoms with E-state index in [2.05, 4.69) is 185 Å². The van der Waals surface area contributed by atoms with Gasteiger partial charge in [-0.2, -0.15) is 0 Å². The number of hydrogen-bond donors (Lipinski definition) is 0. The van der Waals surface area contributed by atoms with E-state index in [0.717, 1.165) is 27.6 Å². The molecule has 0 radical (unpaired) electrons. The highest BCUT2D eigenvalue weighted by Crippen LogP contribution is 2.43. The Bertz CT molecular complexity index is 3460. The second-order valence-electron chi connectivity index (χ2n) is 14.1. The van der Waals surface area contributed by atoms with Crippen LogP contribution in [0.4, 0.5) is 0 Å². The Morgan fingerprint density at radius 2 is 0.981 bits per heavy atom. The summed E-state index contributed by atoms with van der Waals surface area (Å²) in [6, 6.07) is 66.1. The summed E-state index contributed by atoms with van der Waals surface area (Å²) in [6.07, 6.45) is 0. The third-order valence-electron chi connectivity index (χ3n) is 11.3. The molecule has 0 aliphatic carbocycles. The number of hydrogen-bond acceptors (Lipinski definition) is 1. The largest absolute Gasteiger partial charge is 0.456 e. The van der Waals surface area contributed by atoms with Crippen molar-refractivity contribution in [1.82, 2.24) is 9.13 Å². The highest BCUT2D eigenvalue weighted by molar-refractivity contribution is 6.25. The van der Waals surface area contributed by atoms with Gasteiger partial charge in [0.1, 0.15) is 11.2 Å². The number of para-hydroxylation sites is 2. The van der Waals surface area contributed by atoms with E-state index in [4.69, 9.17) is 4.42 Å². The Labute approximate surface area is 304 Å². The van der Waals surface area contributed by atoms with Crippen LogP contribution in [0.2, 0.25) is 0 Å². The minimum absolute atomic E-state index is 0.900. The smallest absolute Gasteiger partial charge is 0.137 e. The van der Waals surface area contributed by atoms with E-state index in [1.54, 1.807) is 0 Å². The van der Waals surface area contributed by atoms with Crippen LogP contribution >= 0.6 is 0 Å². The zero-order valence-corrected chi connectivity index (χ0v) is 28.6. The van der Waals surface area contributed by atoms with Crippen molar-refractivity contribution in [2.75, 3.05) is 0 Å². The monoisotopic (exact) mass is 674 g/mol. The van der Waals surface area contributed by atoms with Crippen LogP contribution in [-0.4, -0.2) is 9.13 Å². The number of aromatic nitrogens is 2. The predicted octanol–water partition coefficient (Wildman–Crippen LogP) is 13.8. The van der Waals surface area contributed by atoms with Crippen LogP contribution in [0.3, 0.4) is 0 Å². The first-order chi connectivity index (χ1) is 26.3. The van der Waals surface area contributed by atoms with Crippen LogP contribution < -0.4 is 0 Å². The highest BCUT2D eigenvalue weighted by atomic mass is 16.3. The minimum Gasteiger partial charge on any atom is -0.456 e. The molecule has 0 aliphatic rings. The first-order valence-electron chi connectivity index (χ1n) is 18.2. The molecule has 0 bridgehead atoms. The van der Waals surface area contributed by atoms with Crippen LogP contribution in [0.25, 0.3) is 110 Å². The molecule has 12 aromatic rings. The fraction of sp³-hybridized carbons (Fsp3) is 0. The summed E-state index contributed by atoms with van der Waals surface area (Å²) in [5.41, 5.74) is 11.3. The molecule has 12 rings (SSSR count). The molecular formula is C50H30N2O. The third kappa shape index (κ3) is 4.05. The summed E-state index contributed by atoms with van der Waals surface area (Å²) >= 11 is 0. The lowest BCUT2D eigenvalue weighted by Crippen LogP contribution is -1.95. The van der Waals surface area contributed by atoms with E-state index in [9.17, 15) is 0 Å². The summed E-state index contributed by atoms with van der Waals surface area (Å²) < 4.78 is 11.3. The van der Waals surface area contributed by atoms with Gasteiger partial charge >= 0.3 is 0 Å². The second-order valence-corrected chi connectivity index (χ2v) is 14.1. The summed E-state index contributed by atoms with van der Waals surface area (Å²) in [5.74, 6) is 0. The average Bonchev–Trinajstić information content (AvgIpc) is 3.87. The molecule has 0 N–H and O–H groups in total. The topological polar surface area (TPSA) is 23.0 Å². The molecule has 246 valence electrons. The van der Waals surface area contributed by atoms with Gasteiger partial charge in [0.25, 0.3) is 0 Å². The van der Waals surface area contributed by atoms with Gasteiger partial charge in [-0.15, -0.1) is 0 Å². The number of fused-ring (bicyclic) bond motifs is 12. The maximum Gasteiger partial charge on any atom is 0.137 e. The molecule has 0 aliphatic heterocycles. The SMILES string of the molecule is c1ccc2cc(-n3c4ccccc4c4cc(-c5ccc6c(c5)c5ccc7oc8ccccc8c7c5n6-c5cccc6ccccc56)ccc43)ccc2c1. The van der Waals surface area contributed by atoms with E-state index in [-0.39, 0.29) is 0 Å². The summed E-state index contributed by atoms with van der Waals surface area (Å²) in [5, 5.41) is 12.1. The molecule has 0 atom stereocenters. The zero-order chi connectivity index (χ0) is 34.6. The van der Waals surface area contributed by atoms with Crippen LogP contribution in [0, 0.1) is 0 Å². The fourth-order valence-electron chi connectivity index (χ4n) is 8.89. The summed E-state index contributed by atoms with van der Waals surface area (Å²) in [6.45, 7) is 0. The van der Waals surface area contributed by atoms with E-state index in [1.807, 2.05) is 6.07 Å². The normalized spacial score (nSPS) is 12.2. The fourth-order valence-corrected chi connectivity index (χ4v) is 8.89. The van der Waals surface area contributed by atoms with Gasteiger partial charge in [-0.25, -0.2) is 0 Å². The van der Waals surface area contributed by atoms with Gasteiger partial charge in [-0.05, 0) is 94.0 Å². The molecule has 3 heteroatoms. The van der Waals surface area contributed by atoms with Crippen LogP contribution in [-0.2, 0) is 0 Å². The van der Waals surface area contributed by atoms with E-state index in [1.165, 1.54) is 82.0 Å².